The Bertz CT molecular complexity index is 875. The Kier molecular flexibility index (Phi) is 5.18. The lowest BCUT2D eigenvalue weighted by Gasteiger charge is -2.40. The third-order valence-electron chi connectivity index (χ3n) is 5.36. The molecule has 0 radical (unpaired) electrons. The largest absolute Gasteiger partial charge is 0.367 e. The van der Waals surface area contributed by atoms with Gasteiger partial charge in [0.15, 0.2) is 0 Å². The van der Waals surface area contributed by atoms with E-state index in [1.807, 2.05) is 69.0 Å². The summed E-state index contributed by atoms with van der Waals surface area (Å²) in [5, 5.41) is 9.51. The zero-order chi connectivity index (χ0) is 19.6. The van der Waals surface area contributed by atoms with Crippen LogP contribution in [0.1, 0.15) is 36.4 Å². The molecule has 0 atom stereocenters. The van der Waals surface area contributed by atoms with Crippen LogP contribution < -0.4 is 4.90 Å². The van der Waals surface area contributed by atoms with Crippen molar-refractivity contribution in [3.05, 3.63) is 58.9 Å². The van der Waals surface area contributed by atoms with E-state index < -0.39 is 5.41 Å². The maximum atomic E-state index is 13.1. The predicted octanol–water partition coefficient (Wildman–Crippen LogP) is 3.20. The van der Waals surface area contributed by atoms with Crippen LogP contribution in [0.15, 0.2) is 36.4 Å². The number of nitriles is 1. The van der Waals surface area contributed by atoms with Crippen molar-refractivity contribution in [2.75, 3.05) is 31.1 Å². The standard InChI is InChI=1S/C22H26N4O/c1-16-14-20(19(15-23)17(2)24-16)25-10-12-26(13-11-25)21(27)22(3,4)18-8-6-5-7-9-18/h5-9,14H,10-13H2,1-4H3. The van der Waals surface area contributed by atoms with Gasteiger partial charge in [-0.1, -0.05) is 30.3 Å². The normalized spacial score (nSPS) is 14.8. The second-order valence-electron chi connectivity index (χ2n) is 7.63. The quantitative estimate of drug-likeness (QED) is 0.841. The van der Waals surface area contributed by atoms with Gasteiger partial charge in [-0.2, -0.15) is 5.26 Å². The van der Waals surface area contributed by atoms with Crippen LogP contribution in [0.2, 0.25) is 0 Å². The van der Waals surface area contributed by atoms with Gasteiger partial charge in [-0.05, 0) is 39.3 Å². The van der Waals surface area contributed by atoms with E-state index in [2.05, 4.69) is 16.0 Å². The monoisotopic (exact) mass is 362 g/mol. The molecule has 1 aromatic carbocycles. The van der Waals surface area contributed by atoms with Crippen molar-refractivity contribution in [1.82, 2.24) is 9.88 Å². The highest BCUT2D eigenvalue weighted by Gasteiger charge is 2.35. The minimum Gasteiger partial charge on any atom is -0.367 e. The van der Waals surface area contributed by atoms with Gasteiger partial charge in [-0.3, -0.25) is 9.78 Å². The first kappa shape index (κ1) is 18.9. The summed E-state index contributed by atoms with van der Waals surface area (Å²) < 4.78 is 0. The number of nitrogens with zero attached hydrogens (tertiary/aromatic N) is 4. The van der Waals surface area contributed by atoms with Gasteiger partial charge in [0.25, 0.3) is 0 Å². The van der Waals surface area contributed by atoms with Crippen LogP contribution in [0.25, 0.3) is 0 Å². The Hall–Kier alpha value is -2.87. The number of carbonyl (C=O) groups excluding carboxylic acids is 1. The van der Waals surface area contributed by atoms with Crippen LogP contribution in [0.5, 0.6) is 0 Å². The van der Waals surface area contributed by atoms with E-state index in [0.29, 0.717) is 31.7 Å². The van der Waals surface area contributed by atoms with Crippen molar-refractivity contribution in [1.29, 1.82) is 5.26 Å². The van der Waals surface area contributed by atoms with Crippen molar-refractivity contribution in [2.45, 2.75) is 33.1 Å². The highest BCUT2D eigenvalue weighted by atomic mass is 16.2. The molecule has 5 heteroatoms. The number of aromatic nitrogens is 1. The summed E-state index contributed by atoms with van der Waals surface area (Å²) in [6.45, 7) is 10.5. The Balaban J connectivity index is 1.75. The van der Waals surface area contributed by atoms with Crippen molar-refractivity contribution >= 4 is 11.6 Å². The van der Waals surface area contributed by atoms with Crippen molar-refractivity contribution < 1.29 is 4.79 Å². The van der Waals surface area contributed by atoms with Crippen molar-refractivity contribution in [3.63, 3.8) is 0 Å². The molecule has 2 aromatic rings. The average Bonchev–Trinajstić information content (AvgIpc) is 2.67. The van der Waals surface area contributed by atoms with Gasteiger partial charge in [-0.25, -0.2) is 0 Å². The van der Waals surface area contributed by atoms with Gasteiger partial charge in [0, 0.05) is 31.9 Å². The number of carbonyl (C=O) groups is 1. The lowest BCUT2D eigenvalue weighted by molar-refractivity contribution is -0.136. The third-order valence-corrected chi connectivity index (χ3v) is 5.36. The molecule has 1 amide bonds. The van der Waals surface area contributed by atoms with Crippen LogP contribution in [-0.2, 0) is 10.2 Å². The average molecular weight is 362 g/mol. The molecule has 0 saturated carbocycles. The summed E-state index contributed by atoms with van der Waals surface area (Å²) in [6.07, 6.45) is 0. The van der Waals surface area contributed by atoms with Crippen LogP contribution >= 0.6 is 0 Å². The van der Waals surface area contributed by atoms with Crippen molar-refractivity contribution in [3.8, 4) is 6.07 Å². The summed E-state index contributed by atoms with van der Waals surface area (Å²) in [5.74, 6) is 0.149. The van der Waals surface area contributed by atoms with Crippen LogP contribution in [-0.4, -0.2) is 42.0 Å². The molecule has 5 nitrogen and oxygen atoms in total. The number of hydrogen-bond donors (Lipinski definition) is 0. The Morgan fingerprint density at radius 2 is 1.74 bits per heavy atom. The fourth-order valence-electron chi connectivity index (χ4n) is 3.72. The zero-order valence-electron chi connectivity index (χ0n) is 16.5. The molecule has 0 aliphatic carbocycles. The second-order valence-corrected chi connectivity index (χ2v) is 7.63. The molecule has 1 fully saturated rings. The second kappa shape index (κ2) is 7.40. The summed E-state index contributed by atoms with van der Waals surface area (Å²) in [7, 11) is 0. The van der Waals surface area contributed by atoms with Crippen molar-refractivity contribution in [2.24, 2.45) is 0 Å². The Morgan fingerprint density at radius 1 is 1.11 bits per heavy atom. The maximum absolute atomic E-state index is 13.1. The molecule has 0 bridgehead atoms. The number of aryl methyl sites for hydroxylation is 2. The molecule has 1 saturated heterocycles. The van der Waals surface area contributed by atoms with E-state index in [1.165, 1.54) is 0 Å². The summed E-state index contributed by atoms with van der Waals surface area (Å²) in [4.78, 5) is 21.7. The number of hydrogen-bond acceptors (Lipinski definition) is 4. The highest BCUT2D eigenvalue weighted by molar-refractivity contribution is 5.87. The van der Waals surface area contributed by atoms with Gasteiger partial charge in [-0.15, -0.1) is 0 Å². The van der Waals surface area contributed by atoms with E-state index in [4.69, 9.17) is 0 Å². The fourth-order valence-corrected chi connectivity index (χ4v) is 3.72. The van der Waals surface area contributed by atoms with Gasteiger partial charge in [0.2, 0.25) is 5.91 Å². The lowest BCUT2D eigenvalue weighted by Crippen LogP contribution is -2.53. The molecule has 2 heterocycles. The molecular formula is C22H26N4O. The SMILES string of the molecule is Cc1cc(N2CCN(C(=O)C(C)(C)c3ccccc3)CC2)c(C#N)c(C)n1. The number of rotatable bonds is 3. The first-order chi connectivity index (χ1) is 12.8. The number of anilines is 1. The molecule has 3 rings (SSSR count). The molecule has 1 aliphatic rings. The van der Waals surface area contributed by atoms with E-state index in [9.17, 15) is 10.1 Å². The van der Waals surface area contributed by atoms with Crippen LogP contribution in [0.3, 0.4) is 0 Å². The summed E-state index contributed by atoms with van der Waals surface area (Å²) >= 11 is 0. The van der Waals surface area contributed by atoms with Gasteiger partial charge >= 0.3 is 0 Å². The smallest absolute Gasteiger partial charge is 0.232 e. The molecule has 140 valence electrons. The number of amides is 1. The Morgan fingerprint density at radius 3 is 2.33 bits per heavy atom. The summed E-state index contributed by atoms with van der Waals surface area (Å²) in [6, 6.07) is 14.2. The maximum Gasteiger partial charge on any atom is 0.232 e. The van der Waals surface area contributed by atoms with Gasteiger partial charge < -0.3 is 9.80 Å². The van der Waals surface area contributed by atoms with Gasteiger partial charge in [0.1, 0.15) is 6.07 Å². The lowest BCUT2D eigenvalue weighted by atomic mass is 9.83. The van der Waals surface area contributed by atoms with Crippen LogP contribution in [0, 0.1) is 25.2 Å². The van der Waals surface area contributed by atoms with E-state index in [1.54, 1.807) is 0 Å². The predicted molar refractivity (Wildman–Crippen MR) is 107 cm³/mol. The first-order valence-electron chi connectivity index (χ1n) is 9.33. The van der Waals surface area contributed by atoms with Gasteiger partial charge in [0.05, 0.1) is 22.4 Å². The topological polar surface area (TPSA) is 60.2 Å². The molecule has 1 aliphatic heterocycles. The minimum absolute atomic E-state index is 0.149. The number of benzene rings is 1. The molecule has 0 spiro atoms. The van der Waals surface area contributed by atoms with E-state index in [0.717, 1.165) is 22.6 Å². The van der Waals surface area contributed by atoms with Crippen LogP contribution in [0.4, 0.5) is 5.69 Å². The minimum atomic E-state index is -0.551. The molecule has 0 N–H and O–H groups in total. The Labute approximate surface area is 161 Å². The molecular weight excluding hydrogens is 336 g/mol. The molecule has 1 aromatic heterocycles. The zero-order valence-corrected chi connectivity index (χ0v) is 16.5. The fraction of sp³-hybridized carbons (Fsp3) is 0.409. The molecule has 27 heavy (non-hydrogen) atoms. The first-order valence-corrected chi connectivity index (χ1v) is 9.33. The number of pyridine rings is 1. The van der Waals surface area contributed by atoms with E-state index >= 15 is 0 Å². The number of piperazine rings is 1. The third kappa shape index (κ3) is 3.66. The molecule has 0 unspecified atom stereocenters. The highest BCUT2D eigenvalue weighted by Crippen LogP contribution is 2.28. The van der Waals surface area contributed by atoms with E-state index in [-0.39, 0.29) is 5.91 Å². The summed E-state index contributed by atoms with van der Waals surface area (Å²) in [5.41, 5.74) is 3.71.